The Morgan fingerprint density at radius 2 is 2.12 bits per heavy atom. The summed E-state index contributed by atoms with van der Waals surface area (Å²) in [4.78, 5) is 19.2. The minimum atomic E-state index is -0.153. The fourth-order valence-corrected chi connectivity index (χ4v) is 3.55. The maximum Gasteiger partial charge on any atom is 0.265 e. The Kier molecular flexibility index (Phi) is 5.40. The lowest BCUT2D eigenvalue weighted by atomic mass is 10.1. The van der Waals surface area contributed by atoms with Gasteiger partial charge < -0.3 is 26.6 Å². The molecule has 1 atom stereocenters. The van der Waals surface area contributed by atoms with E-state index in [4.69, 9.17) is 5.73 Å². The first kappa shape index (κ1) is 17.5. The number of nitrogens with zero attached hydrogens (tertiary/aromatic N) is 2. The van der Waals surface area contributed by atoms with Crippen LogP contribution >= 0.6 is 11.3 Å². The number of aromatic nitrogens is 1. The van der Waals surface area contributed by atoms with Crippen LogP contribution in [0.15, 0.2) is 24.3 Å². The Morgan fingerprint density at radius 3 is 2.76 bits per heavy atom. The topological polar surface area (TPSA) is 95.3 Å². The van der Waals surface area contributed by atoms with E-state index in [0.29, 0.717) is 10.0 Å². The number of hydrogen-bond donors (Lipinski definition) is 4. The minimum Gasteiger partial charge on any atom is -0.382 e. The number of amides is 1. The highest BCUT2D eigenvalue weighted by molar-refractivity contribution is 7.18. The SMILES string of the molecule is CN(C)c1ccc(Nc2nc(N)c(C(=O)N[C@H]3CCCNC3)s2)cc1. The molecule has 3 rings (SSSR count). The van der Waals surface area contributed by atoms with E-state index < -0.39 is 0 Å². The highest BCUT2D eigenvalue weighted by atomic mass is 32.1. The summed E-state index contributed by atoms with van der Waals surface area (Å²) >= 11 is 1.27. The van der Waals surface area contributed by atoms with Crippen molar-refractivity contribution < 1.29 is 4.79 Å². The highest BCUT2D eigenvalue weighted by Gasteiger charge is 2.21. The minimum absolute atomic E-state index is 0.151. The van der Waals surface area contributed by atoms with E-state index in [-0.39, 0.29) is 17.8 Å². The number of thiazole rings is 1. The van der Waals surface area contributed by atoms with Crippen LogP contribution in [-0.2, 0) is 0 Å². The second-order valence-corrected chi connectivity index (χ2v) is 7.32. The number of piperidine rings is 1. The summed E-state index contributed by atoms with van der Waals surface area (Å²) in [6.45, 7) is 1.81. The first-order valence-electron chi connectivity index (χ1n) is 8.35. The van der Waals surface area contributed by atoms with Gasteiger partial charge in [-0.15, -0.1) is 0 Å². The van der Waals surface area contributed by atoms with Crippen LogP contribution in [0, 0.1) is 0 Å². The normalized spacial score (nSPS) is 17.1. The molecule has 0 saturated carbocycles. The Bertz CT molecular complexity index is 721. The van der Waals surface area contributed by atoms with Gasteiger partial charge in [-0.25, -0.2) is 4.98 Å². The Balaban J connectivity index is 1.65. The fraction of sp³-hybridized carbons (Fsp3) is 0.412. The van der Waals surface area contributed by atoms with Gasteiger partial charge in [0.15, 0.2) is 5.13 Å². The molecule has 7 nitrogen and oxygen atoms in total. The van der Waals surface area contributed by atoms with Crippen molar-refractivity contribution in [2.45, 2.75) is 18.9 Å². The zero-order chi connectivity index (χ0) is 17.8. The summed E-state index contributed by atoms with van der Waals surface area (Å²) in [7, 11) is 3.99. The average Bonchev–Trinajstić information content (AvgIpc) is 2.96. The number of nitrogens with two attached hydrogens (primary N) is 1. The molecule has 0 spiro atoms. The molecule has 0 unspecified atom stereocenters. The lowest BCUT2D eigenvalue weighted by Gasteiger charge is -2.23. The zero-order valence-electron chi connectivity index (χ0n) is 14.5. The quantitative estimate of drug-likeness (QED) is 0.652. The van der Waals surface area contributed by atoms with Crippen LogP contribution in [0.2, 0.25) is 0 Å². The summed E-state index contributed by atoms with van der Waals surface area (Å²) in [6.07, 6.45) is 2.06. The number of anilines is 4. The molecule has 134 valence electrons. The number of nitrogen functional groups attached to an aromatic ring is 1. The van der Waals surface area contributed by atoms with E-state index in [1.54, 1.807) is 0 Å². The second-order valence-electron chi connectivity index (χ2n) is 6.32. The molecule has 1 aliphatic rings. The van der Waals surface area contributed by atoms with Crippen molar-refractivity contribution in [1.29, 1.82) is 0 Å². The van der Waals surface area contributed by atoms with Crippen LogP contribution in [0.4, 0.5) is 22.3 Å². The van der Waals surface area contributed by atoms with Crippen LogP contribution in [0.25, 0.3) is 0 Å². The number of rotatable bonds is 5. The summed E-state index contributed by atoms with van der Waals surface area (Å²) in [5.74, 6) is 0.110. The van der Waals surface area contributed by atoms with E-state index in [1.165, 1.54) is 11.3 Å². The van der Waals surface area contributed by atoms with Gasteiger partial charge >= 0.3 is 0 Å². The van der Waals surface area contributed by atoms with Gasteiger partial charge in [0.25, 0.3) is 5.91 Å². The zero-order valence-corrected chi connectivity index (χ0v) is 15.3. The number of carbonyl (C=O) groups is 1. The van der Waals surface area contributed by atoms with Crippen molar-refractivity contribution in [2.75, 3.05) is 43.1 Å². The Morgan fingerprint density at radius 1 is 1.36 bits per heavy atom. The molecule has 0 aliphatic carbocycles. The Labute approximate surface area is 151 Å². The second kappa shape index (κ2) is 7.71. The largest absolute Gasteiger partial charge is 0.382 e. The van der Waals surface area contributed by atoms with Gasteiger partial charge in [-0.3, -0.25) is 4.79 Å². The van der Waals surface area contributed by atoms with E-state index >= 15 is 0 Å². The van der Waals surface area contributed by atoms with E-state index in [1.807, 2.05) is 43.3 Å². The Hall–Kier alpha value is -2.32. The average molecular weight is 360 g/mol. The molecule has 5 N–H and O–H groups in total. The molecule has 1 amide bonds. The van der Waals surface area contributed by atoms with Crippen molar-refractivity contribution in [2.24, 2.45) is 0 Å². The van der Waals surface area contributed by atoms with Crippen molar-refractivity contribution in [1.82, 2.24) is 15.6 Å². The standard InChI is InChI=1S/C17H24N6OS/c1-23(2)13-7-5-11(6-8-13)21-17-22-15(18)14(25-17)16(24)20-12-4-3-9-19-10-12/h5-8,12,19H,3-4,9-10,18H2,1-2H3,(H,20,24)(H,21,22)/t12-/m0/s1. The fourth-order valence-electron chi connectivity index (χ4n) is 2.74. The van der Waals surface area contributed by atoms with Crippen LogP contribution in [0.5, 0.6) is 0 Å². The molecule has 8 heteroatoms. The van der Waals surface area contributed by atoms with E-state index in [9.17, 15) is 4.79 Å². The van der Waals surface area contributed by atoms with Crippen LogP contribution in [-0.4, -0.2) is 44.1 Å². The molecule has 2 aromatic rings. The first-order chi connectivity index (χ1) is 12.0. The number of hydrogen-bond acceptors (Lipinski definition) is 7. The lowest BCUT2D eigenvalue weighted by molar-refractivity contribution is 0.0935. The summed E-state index contributed by atoms with van der Waals surface area (Å²) in [5.41, 5.74) is 7.96. The van der Waals surface area contributed by atoms with Gasteiger partial charge in [0.1, 0.15) is 10.7 Å². The van der Waals surface area contributed by atoms with Gasteiger partial charge in [0.2, 0.25) is 0 Å². The molecular formula is C17H24N6OS. The lowest BCUT2D eigenvalue weighted by Crippen LogP contribution is -2.45. The van der Waals surface area contributed by atoms with Crippen LogP contribution in [0.3, 0.4) is 0 Å². The predicted molar refractivity (Wildman–Crippen MR) is 104 cm³/mol. The summed E-state index contributed by atoms with van der Waals surface area (Å²) in [5, 5.41) is 10.1. The van der Waals surface area contributed by atoms with E-state index in [0.717, 1.165) is 37.3 Å². The highest BCUT2D eigenvalue weighted by Crippen LogP contribution is 2.28. The molecule has 0 bridgehead atoms. The molecule has 1 aromatic carbocycles. The van der Waals surface area contributed by atoms with Crippen LogP contribution < -0.4 is 26.6 Å². The summed E-state index contributed by atoms with van der Waals surface area (Å²) in [6, 6.07) is 8.13. The molecular weight excluding hydrogens is 336 g/mol. The van der Waals surface area contributed by atoms with Gasteiger partial charge in [-0.05, 0) is 43.7 Å². The van der Waals surface area contributed by atoms with Crippen LogP contribution in [0.1, 0.15) is 22.5 Å². The maximum atomic E-state index is 12.4. The third-order valence-electron chi connectivity index (χ3n) is 4.13. The predicted octanol–water partition coefficient (Wildman–Crippen LogP) is 2.02. The molecule has 1 saturated heterocycles. The maximum absolute atomic E-state index is 12.4. The molecule has 25 heavy (non-hydrogen) atoms. The molecule has 1 fully saturated rings. The number of nitrogens with one attached hydrogen (secondary N) is 3. The van der Waals surface area contributed by atoms with E-state index in [2.05, 4.69) is 20.9 Å². The smallest absolute Gasteiger partial charge is 0.265 e. The number of carbonyl (C=O) groups excluding carboxylic acids is 1. The van der Waals surface area contributed by atoms with Gasteiger partial charge in [0, 0.05) is 38.1 Å². The van der Waals surface area contributed by atoms with Crippen molar-refractivity contribution in [3.05, 3.63) is 29.1 Å². The van der Waals surface area contributed by atoms with Gasteiger partial charge in [0.05, 0.1) is 0 Å². The third-order valence-corrected chi connectivity index (χ3v) is 5.11. The monoisotopic (exact) mass is 360 g/mol. The van der Waals surface area contributed by atoms with Gasteiger partial charge in [-0.1, -0.05) is 11.3 Å². The van der Waals surface area contributed by atoms with Crippen molar-refractivity contribution in [3.8, 4) is 0 Å². The van der Waals surface area contributed by atoms with Crippen molar-refractivity contribution in [3.63, 3.8) is 0 Å². The third kappa shape index (κ3) is 4.40. The summed E-state index contributed by atoms with van der Waals surface area (Å²) < 4.78 is 0. The van der Waals surface area contributed by atoms with Crippen molar-refractivity contribution >= 4 is 39.6 Å². The van der Waals surface area contributed by atoms with Gasteiger partial charge in [-0.2, -0.15) is 0 Å². The molecule has 1 aliphatic heterocycles. The molecule has 1 aromatic heterocycles. The first-order valence-corrected chi connectivity index (χ1v) is 9.17. The number of benzene rings is 1. The molecule has 0 radical (unpaired) electrons. The molecule has 2 heterocycles.